The number of pyridine rings is 1. The van der Waals surface area contributed by atoms with Crippen molar-refractivity contribution >= 4 is 17.4 Å². The summed E-state index contributed by atoms with van der Waals surface area (Å²) >= 11 is 5.82. The SMILES string of the molecule is Cc1cc(N2CCCCC2)ncc1CCl. The molecule has 1 aliphatic rings. The van der Waals surface area contributed by atoms with Gasteiger partial charge in [0.2, 0.25) is 0 Å². The Bertz CT molecular complexity index is 332. The van der Waals surface area contributed by atoms with Gasteiger partial charge in [-0.2, -0.15) is 0 Å². The van der Waals surface area contributed by atoms with Crippen LogP contribution < -0.4 is 4.90 Å². The molecule has 15 heavy (non-hydrogen) atoms. The molecule has 2 nitrogen and oxygen atoms in total. The summed E-state index contributed by atoms with van der Waals surface area (Å²) in [5.41, 5.74) is 2.39. The monoisotopic (exact) mass is 224 g/mol. The van der Waals surface area contributed by atoms with Gasteiger partial charge in [0.25, 0.3) is 0 Å². The van der Waals surface area contributed by atoms with Gasteiger partial charge in [-0.05, 0) is 43.4 Å². The van der Waals surface area contributed by atoms with E-state index < -0.39 is 0 Å². The largest absolute Gasteiger partial charge is 0.357 e. The first-order valence-corrected chi connectivity index (χ1v) is 6.11. The highest BCUT2D eigenvalue weighted by Crippen LogP contribution is 2.20. The van der Waals surface area contributed by atoms with Gasteiger partial charge in [0.15, 0.2) is 0 Å². The van der Waals surface area contributed by atoms with Crippen molar-refractivity contribution < 1.29 is 0 Å². The molecule has 0 spiro atoms. The summed E-state index contributed by atoms with van der Waals surface area (Å²) in [6, 6.07) is 2.16. The minimum atomic E-state index is 0.555. The van der Waals surface area contributed by atoms with Gasteiger partial charge in [0, 0.05) is 25.2 Å². The molecule has 0 bridgehead atoms. The molecule has 0 amide bonds. The number of aryl methyl sites for hydroxylation is 1. The van der Waals surface area contributed by atoms with Crippen LogP contribution in [0.5, 0.6) is 0 Å². The molecule has 2 heterocycles. The van der Waals surface area contributed by atoms with Crippen LogP contribution in [-0.4, -0.2) is 18.1 Å². The van der Waals surface area contributed by atoms with Gasteiger partial charge in [-0.1, -0.05) is 0 Å². The van der Waals surface area contributed by atoms with Crippen LogP contribution in [0, 0.1) is 6.92 Å². The number of alkyl halides is 1. The average molecular weight is 225 g/mol. The zero-order valence-electron chi connectivity index (χ0n) is 9.17. The van der Waals surface area contributed by atoms with Gasteiger partial charge in [-0.15, -0.1) is 11.6 Å². The van der Waals surface area contributed by atoms with E-state index in [1.54, 1.807) is 0 Å². The van der Waals surface area contributed by atoms with Gasteiger partial charge in [-0.25, -0.2) is 4.98 Å². The van der Waals surface area contributed by atoms with E-state index in [1.807, 2.05) is 6.20 Å². The maximum Gasteiger partial charge on any atom is 0.128 e. The first-order chi connectivity index (χ1) is 7.31. The second kappa shape index (κ2) is 4.84. The molecule has 0 aromatic carbocycles. The summed E-state index contributed by atoms with van der Waals surface area (Å²) < 4.78 is 0. The lowest BCUT2D eigenvalue weighted by molar-refractivity contribution is 0.573. The van der Waals surface area contributed by atoms with E-state index >= 15 is 0 Å². The minimum absolute atomic E-state index is 0.555. The van der Waals surface area contributed by atoms with Crippen molar-refractivity contribution in [2.75, 3.05) is 18.0 Å². The summed E-state index contributed by atoms with van der Waals surface area (Å²) in [7, 11) is 0. The van der Waals surface area contributed by atoms with Crippen LogP contribution in [0.3, 0.4) is 0 Å². The molecule has 0 N–H and O–H groups in total. The number of hydrogen-bond acceptors (Lipinski definition) is 2. The summed E-state index contributed by atoms with van der Waals surface area (Å²) in [5, 5.41) is 0. The molecule has 2 rings (SSSR count). The third-order valence-corrected chi connectivity index (χ3v) is 3.32. The van der Waals surface area contributed by atoms with Crippen LogP contribution >= 0.6 is 11.6 Å². The van der Waals surface area contributed by atoms with Crippen molar-refractivity contribution in [3.8, 4) is 0 Å². The van der Waals surface area contributed by atoms with Crippen molar-refractivity contribution in [1.29, 1.82) is 0 Å². The number of hydrogen-bond donors (Lipinski definition) is 0. The second-order valence-electron chi connectivity index (χ2n) is 4.15. The Kier molecular flexibility index (Phi) is 3.47. The molecular formula is C12H17ClN2. The van der Waals surface area contributed by atoms with Crippen LogP contribution in [0.25, 0.3) is 0 Å². The lowest BCUT2D eigenvalue weighted by Crippen LogP contribution is -2.30. The zero-order chi connectivity index (χ0) is 10.7. The number of anilines is 1. The van der Waals surface area contributed by atoms with E-state index in [2.05, 4.69) is 22.9 Å². The summed E-state index contributed by atoms with van der Waals surface area (Å²) in [5.74, 6) is 1.67. The number of piperidine rings is 1. The number of halogens is 1. The van der Waals surface area contributed by atoms with Crippen molar-refractivity contribution in [2.45, 2.75) is 32.1 Å². The molecule has 0 unspecified atom stereocenters. The number of rotatable bonds is 2. The zero-order valence-corrected chi connectivity index (χ0v) is 9.93. The highest BCUT2D eigenvalue weighted by molar-refractivity contribution is 6.17. The Morgan fingerprint density at radius 2 is 2.07 bits per heavy atom. The number of nitrogens with zero attached hydrogens (tertiary/aromatic N) is 2. The molecule has 1 aromatic rings. The Morgan fingerprint density at radius 3 is 2.67 bits per heavy atom. The molecule has 0 saturated carbocycles. The topological polar surface area (TPSA) is 16.1 Å². The van der Waals surface area contributed by atoms with Crippen LogP contribution in [-0.2, 0) is 5.88 Å². The number of aromatic nitrogens is 1. The quantitative estimate of drug-likeness (QED) is 0.718. The van der Waals surface area contributed by atoms with E-state index in [9.17, 15) is 0 Å². The van der Waals surface area contributed by atoms with Gasteiger partial charge in [0.1, 0.15) is 5.82 Å². The maximum atomic E-state index is 5.82. The normalized spacial score (nSPS) is 16.8. The fourth-order valence-electron chi connectivity index (χ4n) is 2.01. The first kappa shape index (κ1) is 10.7. The molecule has 1 aromatic heterocycles. The predicted octanol–water partition coefficient (Wildman–Crippen LogP) is 3.12. The van der Waals surface area contributed by atoms with Crippen molar-refractivity contribution in [2.24, 2.45) is 0 Å². The Hall–Kier alpha value is -0.760. The second-order valence-corrected chi connectivity index (χ2v) is 4.42. The Morgan fingerprint density at radius 1 is 1.33 bits per heavy atom. The standard InChI is InChI=1S/C12H17ClN2/c1-10-7-12(14-9-11(10)8-13)15-5-3-2-4-6-15/h7,9H,2-6,8H2,1H3. The third kappa shape index (κ3) is 2.43. The van der Waals surface area contributed by atoms with Crippen molar-refractivity contribution in [1.82, 2.24) is 4.98 Å². The van der Waals surface area contributed by atoms with Gasteiger partial charge in [0.05, 0.1) is 0 Å². The third-order valence-electron chi connectivity index (χ3n) is 3.03. The molecule has 0 radical (unpaired) electrons. The first-order valence-electron chi connectivity index (χ1n) is 5.57. The molecule has 0 atom stereocenters. The summed E-state index contributed by atoms with van der Waals surface area (Å²) in [6.45, 7) is 4.40. The lowest BCUT2D eigenvalue weighted by Gasteiger charge is -2.28. The fourth-order valence-corrected chi connectivity index (χ4v) is 2.29. The van der Waals surface area contributed by atoms with E-state index in [-0.39, 0.29) is 0 Å². The van der Waals surface area contributed by atoms with E-state index in [4.69, 9.17) is 11.6 Å². The molecule has 1 aliphatic heterocycles. The molecule has 0 aliphatic carbocycles. The molecule has 1 saturated heterocycles. The van der Waals surface area contributed by atoms with Gasteiger partial charge >= 0.3 is 0 Å². The predicted molar refractivity (Wildman–Crippen MR) is 64.6 cm³/mol. The molecule has 82 valence electrons. The summed E-state index contributed by atoms with van der Waals surface area (Å²) in [6.07, 6.45) is 5.84. The molecule has 1 fully saturated rings. The fraction of sp³-hybridized carbons (Fsp3) is 0.583. The maximum absolute atomic E-state index is 5.82. The minimum Gasteiger partial charge on any atom is -0.357 e. The van der Waals surface area contributed by atoms with Crippen LogP contribution in [0.15, 0.2) is 12.3 Å². The summed E-state index contributed by atoms with van der Waals surface area (Å²) in [4.78, 5) is 6.85. The smallest absolute Gasteiger partial charge is 0.128 e. The van der Waals surface area contributed by atoms with Crippen molar-refractivity contribution in [3.63, 3.8) is 0 Å². The van der Waals surface area contributed by atoms with Crippen molar-refractivity contribution in [3.05, 3.63) is 23.4 Å². The lowest BCUT2D eigenvalue weighted by atomic mass is 10.1. The van der Waals surface area contributed by atoms with Crippen LogP contribution in [0.2, 0.25) is 0 Å². The van der Waals surface area contributed by atoms with Gasteiger partial charge in [-0.3, -0.25) is 0 Å². The van der Waals surface area contributed by atoms with E-state index in [0.717, 1.165) is 24.5 Å². The van der Waals surface area contributed by atoms with E-state index in [0.29, 0.717) is 5.88 Å². The molecular weight excluding hydrogens is 208 g/mol. The highest BCUT2D eigenvalue weighted by atomic mass is 35.5. The van der Waals surface area contributed by atoms with Gasteiger partial charge < -0.3 is 4.90 Å². The Balaban J connectivity index is 2.17. The average Bonchev–Trinajstić information content (AvgIpc) is 2.30. The Labute approximate surface area is 96.3 Å². The van der Waals surface area contributed by atoms with Crippen LogP contribution in [0.1, 0.15) is 30.4 Å². The molecule has 3 heteroatoms. The highest BCUT2D eigenvalue weighted by Gasteiger charge is 2.12. The van der Waals surface area contributed by atoms with E-state index in [1.165, 1.54) is 24.8 Å². The van der Waals surface area contributed by atoms with Crippen LogP contribution in [0.4, 0.5) is 5.82 Å².